The Morgan fingerprint density at radius 2 is 1.70 bits per heavy atom. The van der Waals surface area contributed by atoms with E-state index in [4.69, 9.17) is 9.47 Å². The Morgan fingerprint density at radius 3 is 2.30 bits per heavy atom. The normalized spacial score (nSPS) is 35.9. The van der Waals surface area contributed by atoms with Gasteiger partial charge in [-0.3, -0.25) is 14.4 Å². The second kappa shape index (κ2) is 8.26. The number of ketones is 2. The summed E-state index contributed by atoms with van der Waals surface area (Å²) in [6, 6.07) is 0. The second-order valence-electron chi connectivity index (χ2n) is 8.96. The molecule has 1 saturated heterocycles. The Morgan fingerprint density at radius 1 is 1.07 bits per heavy atom. The topological polar surface area (TPSA) is 73.0 Å². The van der Waals surface area contributed by atoms with Gasteiger partial charge in [0.2, 0.25) is 0 Å². The van der Waals surface area contributed by atoms with Gasteiger partial charge in [0.1, 0.15) is 23.1 Å². The van der Waals surface area contributed by atoms with Crippen molar-refractivity contribution in [2.45, 2.75) is 104 Å². The van der Waals surface area contributed by atoms with Crippen LogP contribution in [0.2, 0.25) is 0 Å². The van der Waals surface area contributed by atoms with Gasteiger partial charge in [0.05, 0.1) is 0 Å². The Hall–Kier alpha value is -1.49. The molecule has 0 N–H and O–H groups in total. The molecular formula is C22H34O5. The molecule has 1 saturated carbocycles. The van der Waals surface area contributed by atoms with Crippen molar-refractivity contribution < 1.29 is 23.9 Å². The van der Waals surface area contributed by atoms with Gasteiger partial charge in [0.15, 0.2) is 5.78 Å². The minimum Gasteiger partial charge on any atom is -0.460 e. The van der Waals surface area contributed by atoms with Crippen LogP contribution >= 0.6 is 0 Å². The lowest BCUT2D eigenvalue weighted by Crippen LogP contribution is -2.33. The molecule has 0 aromatic heterocycles. The van der Waals surface area contributed by atoms with Crippen LogP contribution in [0, 0.1) is 5.92 Å². The zero-order valence-corrected chi connectivity index (χ0v) is 17.6. The number of hydrogen-bond donors (Lipinski definition) is 0. The van der Waals surface area contributed by atoms with Crippen LogP contribution < -0.4 is 0 Å². The average Bonchev–Trinajstić information content (AvgIpc) is 3.22. The summed E-state index contributed by atoms with van der Waals surface area (Å²) < 4.78 is 11.4. The molecule has 1 heterocycles. The van der Waals surface area contributed by atoms with Crippen molar-refractivity contribution in [1.82, 2.24) is 0 Å². The third-order valence-corrected chi connectivity index (χ3v) is 6.08. The van der Waals surface area contributed by atoms with Gasteiger partial charge in [-0.15, -0.1) is 0 Å². The zero-order chi connectivity index (χ0) is 20.4. The summed E-state index contributed by atoms with van der Waals surface area (Å²) in [4.78, 5) is 37.1. The number of carbonyl (C=O) groups is 3. The van der Waals surface area contributed by atoms with Crippen LogP contribution in [0.5, 0.6) is 0 Å². The number of esters is 1. The molecule has 2 aliphatic rings. The minimum atomic E-state index is -0.750. The van der Waals surface area contributed by atoms with E-state index in [1.165, 1.54) is 6.92 Å². The molecule has 1 aliphatic heterocycles. The van der Waals surface area contributed by atoms with Crippen molar-refractivity contribution in [3.63, 3.8) is 0 Å². The highest BCUT2D eigenvalue weighted by atomic mass is 16.6. The van der Waals surface area contributed by atoms with Crippen molar-refractivity contribution in [3.8, 4) is 0 Å². The van der Waals surface area contributed by atoms with Gasteiger partial charge in [0, 0.05) is 19.3 Å². The van der Waals surface area contributed by atoms with Crippen LogP contribution in [-0.2, 0) is 23.9 Å². The number of ether oxygens (including phenoxy) is 2. The van der Waals surface area contributed by atoms with Gasteiger partial charge < -0.3 is 9.47 Å². The Bertz CT molecular complexity index is 645. The molecule has 0 bridgehead atoms. The van der Waals surface area contributed by atoms with E-state index in [2.05, 4.69) is 0 Å². The second-order valence-corrected chi connectivity index (χ2v) is 8.96. The third-order valence-electron chi connectivity index (χ3n) is 6.08. The van der Waals surface area contributed by atoms with Gasteiger partial charge in [-0.05, 0) is 71.8 Å². The Balaban J connectivity index is 2.26. The summed E-state index contributed by atoms with van der Waals surface area (Å²) in [5.74, 6) is -0.118. The number of epoxide rings is 1. The largest absolute Gasteiger partial charge is 0.460 e. The van der Waals surface area contributed by atoms with Crippen LogP contribution in [0.1, 0.15) is 86.5 Å². The lowest BCUT2D eigenvalue weighted by Gasteiger charge is -2.30. The number of allylic oxidation sites excluding steroid dienone is 1. The van der Waals surface area contributed by atoms with E-state index in [9.17, 15) is 14.4 Å². The van der Waals surface area contributed by atoms with E-state index < -0.39 is 17.3 Å². The molecule has 27 heavy (non-hydrogen) atoms. The highest BCUT2D eigenvalue weighted by Crippen LogP contribution is 2.44. The van der Waals surface area contributed by atoms with Gasteiger partial charge in [0.25, 0.3) is 0 Å². The average molecular weight is 379 g/mol. The van der Waals surface area contributed by atoms with Crippen molar-refractivity contribution in [1.29, 1.82) is 0 Å². The molecule has 4 atom stereocenters. The lowest BCUT2D eigenvalue weighted by atomic mass is 9.84. The van der Waals surface area contributed by atoms with E-state index in [-0.39, 0.29) is 23.5 Å². The molecule has 0 amide bonds. The molecule has 0 spiro atoms. The highest BCUT2D eigenvalue weighted by molar-refractivity contribution is 6.01. The summed E-state index contributed by atoms with van der Waals surface area (Å²) in [5, 5.41) is 0. The number of carbonyl (C=O) groups excluding carboxylic acids is 3. The van der Waals surface area contributed by atoms with E-state index in [1.54, 1.807) is 0 Å². The summed E-state index contributed by atoms with van der Waals surface area (Å²) in [6.07, 6.45) is 3.96. The summed E-state index contributed by atoms with van der Waals surface area (Å²) in [7, 11) is 0. The van der Waals surface area contributed by atoms with E-state index in [0.29, 0.717) is 25.7 Å². The molecule has 0 aromatic carbocycles. The predicted octanol–water partition coefficient (Wildman–Crippen LogP) is 4.32. The van der Waals surface area contributed by atoms with Crippen LogP contribution in [0.25, 0.3) is 0 Å². The summed E-state index contributed by atoms with van der Waals surface area (Å²) in [6.45, 7) is 11.1. The number of Topliss-reactive ketones (excluding diaryl/α,β-unsaturated/α-hetero) is 2. The molecule has 5 nitrogen and oxygen atoms in total. The van der Waals surface area contributed by atoms with Gasteiger partial charge in [-0.2, -0.15) is 0 Å². The van der Waals surface area contributed by atoms with Crippen molar-refractivity contribution >= 4 is 17.5 Å². The van der Waals surface area contributed by atoms with E-state index in [1.807, 2.05) is 34.6 Å². The van der Waals surface area contributed by atoms with Crippen LogP contribution in [0.15, 0.2) is 11.1 Å². The molecular weight excluding hydrogens is 344 g/mol. The van der Waals surface area contributed by atoms with Crippen molar-refractivity contribution in [2.24, 2.45) is 5.92 Å². The monoisotopic (exact) mass is 378 g/mol. The minimum absolute atomic E-state index is 0.0284. The van der Waals surface area contributed by atoms with Gasteiger partial charge >= 0.3 is 5.97 Å². The maximum absolute atomic E-state index is 13.0. The van der Waals surface area contributed by atoms with Crippen molar-refractivity contribution in [2.75, 3.05) is 0 Å². The first-order chi connectivity index (χ1) is 12.5. The zero-order valence-electron chi connectivity index (χ0n) is 17.6. The molecule has 2 rings (SSSR count). The van der Waals surface area contributed by atoms with Crippen LogP contribution in [0.4, 0.5) is 0 Å². The van der Waals surface area contributed by atoms with Crippen LogP contribution in [-0.4, -0.2) is 34.8 Å². The molecule has 0 radical (unpaired) electrons. The molecule has 0 aromatic rings. The first-order valence-electron chi connectivity index (χ1n) is 10.1. The Labute approximate surface area is 162 Å². The van der Waals surface area contributed by atoms with Gasteiger partial charge in [-0.25, -0.2) is 0 Å². The van der Waals surface area contributed by atoms with E-state index >= 15 is 0 Å². The van der Waals surface area contributed by atoms with E-state index in [0.717, 1.165) is 30.4 Å². The third kappa shape index (κ3) is 5.50. The van der Waals surface area contributed by atoms with Crippen molar-refractivity contribution in [3.05, 3.63) is 11.1 Å². The fraction of sp³-hybridized carbons (Fsp3) is 0.773. The van der Waals surface area contributed by atoms with Gasteiger partial charge in [-0.1, -0.05) is 12.5 Å². The highest BCUT2D eigenvalue weighted by Gasteiger charge is 2.56. The fourth-order valence-electron chi connectivity index (χ4n) is 4.05. The number of hydrogen-bond acceptors (Lipinski definition) is 5. The molecule has 1 aliphatic carbocycles. The molecule has 5 heteroatoms. The number of rotatable bonds is 1. The first kappa shape index (κ1) is 21.8. The standard InChI is InChI=1S/C22H34O5/c1-14(2)17-9-12-21(5,26-16(4)23)13-10-18(24)15(3)8-7-11-22(6)20(27-22)19(17)25/h15,20H,7-13H2,1-6H3/t15-,20?,21-,22+/m1/s1. The first-order valence-corrected chi connectivity index (χ1v) is 10.1. The Kier molecular flexibility index (Phi) is 6.67. The fourth-order valence-corrected chi connectivity index (χ4v) is 4.05. The lowest BCUT2D eigenvalue weighted by molar-refractivity contribution is -0.157. The number of fused-ring (bicyclic) bond motifs is 1. The summed E-state index contributed by atoms with van der Waals surface area (Å²) in [5.41, 5.74) is 0.572. The molecule has 152 valence electrons. The maximum Gasteiger partial charge on any atom is 0.303 e. The molecule has 1 unspecified atom stereocenters. The molecule has 2 fully saturated rings. The quantitative estimate of drug-likeness (QED) is 0.386. The predicted molar refractivity (Wildman–Crippen MR) is 103 cm³/mol. The van der Waals surface area contributed by atoms with Crippen LogP contribution in [0.3, 0.4) is 0 Å². The maximum atomic E-state index is 13.0. The summed E-state index contributed by atoms with van der Waals surface area (Å²) >= 11 is 0. The SMILES string of the molecule is CC(=O)O[C@@]1(C)CCC(=O)[C@H](C)CCC[C@]2(C)OC2C(=O)C(=C(C)C)CC1. The smallest absolute Gasteiger partial charge is 0.303 e.